The molecule has 66 valence electrons. The lowest BCUT2D eigenvalue weighted by atomic mass is 10.1. The van der Waals surface area contributed by atoms with E-state index in [0.29, 0.717) is 5.56 Å². The molecule has 0 aliphatic heterocycles. The summed E-state index contributed by atoms with van der Waals surface area (Å²) in [6.07, 6.45) is 0. The molecule has 2 N–H and O–H groups in total. The number of benzene rings is 1. The lowest BCUT2D eigenvalue weighted by molar-refractivity contribution is 0.161. The van der Waals surface area contributed by atoms with Crippen LogP contribution in [-0.4, -0.2) is 5.21 Å². The van der Waals surface area contributed by atoms with Crippen LogP contribution in [0.15, 0.2) is 12.1 Å². The summed E-state index contributed by atoms with van der Waals surface area (Å²) in [5.41, 5.74) is 3.42. The molecule has 12 heavy (non-hydrogen) atoms. The molecule has 1 aromatic rings. The van der Waals surface area contributed by atoms with Crippen LogP contribution in [0.25, 0.3) is 0 Å². The fraction of sp³-hybridized carbons (Fsp3) is 0.250. The number of rotatable bonds is 2. The number of nitrogens with one attached hydrogen (secondary N) is 1. The van der Waals surface area contributed by atoms with E-state index >= 15 is 0 Å². The van der Waals surface area contributed by atoms with Crippen molar-refractivity contribution in [1.82, 2.24) is 5.48 Å². The van der Waals surface area contributed by atoms with Gasteiger partial charge in [-0.1, -0.05) is 17.7 Å². The highest BCUT2D eigenvalue weighted by Gasteiger charge is 2.06. The smallest absolute Gasteiger partial charge is 0.142 e. The van der Waals surface area contributed by atoms with Gasteiger partial charge in [0, 0.05) is 6.54 Å². The Morgan fingerprint density at radius 1 is 1.58 bits per heavy atom. The summed E-state index contributed by atoms with van der Waals surface area (Å²) in [4.78, 5) is 0. The predicted molar refractivity (Wildman–Crippen MR) is 44.8 cm³/mol. The summed E-state index contributed by atoms with van der Waals surface area (Å²) < 4.78 is 12.8. The van der Waals surface area contributed by atoms with E-state index in [2.05, 4.69) is 0 Å². The van der Waals surface area contributed by atoms with Gasteiger partial charge in [0.1, 0.15) is 5.82 Å². The lowest BCUT2D eigenvalue weighted by Crippen LogP contribution is -2.07. The molecule has 0 aliphatic carbocycles. The van der Waals surface area contributed by atoms with E-state index in [9.17, 15) is 4.39 Å². The second-order valence-electron chi connectivity index (χ2n) is 2.48. The van der Waals surface area contributed by atoms with E-state index in [1.54, 1.807) is 13.0 Å². The van der Waals surface area contributed by atoms with Crippen LogP contribution in [-0.2, 0) is 6.54 Å². The molecule has 0 unspecified atom stereocenters. The van der Waals surface area contributed by atoms with Crippen molar-refractivity contribution in [3.63, 3.8) is 0 Å². The maximum Gasteiger partial charge on any atom is 0.142 e. The van der Waals surface area contributed by atoms with Crippen molar-refractivity contribution in [3.8, 4) is 0 Å². The molecule has 1 aromatic carbocycles. The van der Waals surface area contributed by atoms with Gasteiger partial charge in [0.15, 0.2) is 0 Å². The fourth-order valence-corrected chi connectivity index (χ4v) is 1.15. The molecule has 1 rings (SSSR count). The highest BCUT2D eigenvalue weighted by molar-refractivity contribution is 6.31. The Kier molecular flexibility index (Phi) is 3.03. The van der Waals surface area contributed by atoms with Crippen molar-refractivity contribution in [2.24, 2.45) is 0 Å². The van der Waals surface area contributed by atoms with Crippen molar-refractivity contribution in [3.05, 3.63) is 34.1 Å². The van der Waals surface area contributed by atoms with Crippen LogP contribution in [0, 0.1) is 12.7 Å². The van der Waals surface area contributed by atoms with E-state index in [1.807, 2.05) is 5.48 Å². The first-order valence-electron chi connectivity index (χ1n) is 3.47. The van der Waals surface area contributed by atoms with Crippen LogP contribution in [0.3, 0.4) is 0 Å². The second-order valence-corrected chi connectivity index (χ2v) is 2.86. The van der Waals surface area contributed by atoms with Crippen molar-refractivity contribution in [2.75, 3.05) is 0 Å². The van der Waals surface area contributed by atoms with Gasteiger partial charge in [-0.05, 0) is 24.1 Å². The normalized spacial score (nSPS) is 10.3. The summed E-state index contributed by atoms with van der Waals surface area (Å²) in [7, 11) is 0. The quantitative estimate of drug-likeness (QED) is 0.700. The van der Waals surface area contributed by atoms with Crippen LogP contribution in [0.4, 0.5) is 4.39 Å². The third kappa shape index (κ3) is 1.75. The summed E-state index contributed by atoms with van der Waals surface area (Å²) >= 11 is 5.63. The number of hydroxylamine groups is 1. The maximum absolute atomic E-state index is 12.8. The first-order chi connectivity index (χ1) is 5.66. The van der Waals surface area contributed by atoms with Gasteiger partial charge in [0.25, 0.3) is 0 Å². The molecule has 0 fully saturated rings. The van der Waals surface area contributed by atoms with Gasteiger partial charge in [-0.25, -0.2) is 9.87 Å². The average Bonchev–Trinajstić information content (AvgIpc) is 2.07. The molecule has 0 aliphatic rings. The Balaban J connectivity index is 3.08. The SMILES string of the molecule is Cc1c(CNO)ccc(F)c1Cl. The highest BCUT2D eigenvalue weighted by atomic mass is 35.5. The van der Waals surface area contributed by atoms with Gasteiger partial charge < -0.3 is 5.21 Å². The topological polar surface area (TPSA) is 32.3 Å². The standard InChI is InChI=1S/C8H9ClFNO/c1-5-6(4-11-12)2-3-7(10)8(5)9/h2-3,11-12H,4H2,1H3. The molecule has 0 radical (unpaired) electrons. The van der Waals surface area contributed by atoms with Gasteiger partial charge in [-0.2, -0.15) is 0 Å². The number of hydrogen-bond donors (Lipinski definition) is 2. The monoisotopic (exact) mass is 189 g/mol. The molecule has 4 heteroatoms. The average molecular weight is 190 g/mol. The van der Waals surface area contributed by atoms with E-state index in [-0.39, 0.29) is 11.6 Å². The molecular weight excluding hydrogens is 181 g/mol. The Morgan fingerprint density at radius 3 is 2.83 bits per heavy atom. The molecule has 0 aromatic heterocycles. The second kappa shape index (κ2) is 3.85. The Morgan fingerprint density at radius 2 is 2.25 bits per heavy atom. The molecule has 0 atom stereocenters. The third-order valence-electron chi connectivity index (χ3n) is 1.72. The molecular formula is C8H9ClFNO. The summed E-state index contributed by atoms with van der Waals surface area (Å²) in [5, 5.41) is 8.53. The van der Waals surface area contributed by atoms with Crippen LogP contribution in [0.1, 0.15) is 11.1 Å². The predicted octanol–water partition coefficient (Wildman–Crippen LogP) is 2.27. The summed E-state index contributed by atoms with van der Waals surface area (Å²) in [6.45, 7) is 1.98. The van der Waals surface area contributed by atoms with Gasteiger partial charge in [0.05, 0.1) is 5.02 Å². The Labute approximate surface area is 74.9 Å². The van der Waals surface area contributed by atoms with E-state index in [0.717, 1.165) is 5.56 Å². The Hall–Kier alpha value is -0.640. The zero-order chi connectivity index (χ0) is 9.14. The summed E-state index contributed by atoms with van der Waals surface area (Å²) in [5.74, 6) is -0.434. The minimum atomic E-state index is -0.434. The third-order valence-corrected chi connectivity index (χ3v) is 2.18. The molecule has 0 bridgehead atoms. The molecule has 0 saturated heterocycles. The first-order valence-corrected chi connectivity index (χ1v) is 3.85. The van der Waals surface area contributed by atoms with E-state index < -0.39 is 5.82 Å². The number of halogens is 2. The highest BCUT2D eigenvalue weighted by Crippen LogP contribution is 2.22. The van der Waals surface area contributed by atoms with Crippen molar-refractivity contribution < 1.29 is 9.60 Å². The summed E-state index contributed by atoms with van der Waals surface area (Å²) in [6, 6.07) is 2.86. The molecule has 0 spiro atoms. The van der Waals surface area contributed by atoms with Crippen LogP contribution >= 0.6 is 11.6 Å². The van der Waals surface area contributed by atoms with Crippen LogP contribution in [0.2, 0.25) is 5.02 Å². The number of hydrogen-bond acceptors (Lipinski definition) is 2. The van der Waals surface area contributed by atoms with Crippen LogP contribution < -0.4 is 5.48 Å². The minimum absolute atomic E-state index is 0.114. The lowest BCUT2D eigenvalue weighted by Gasteiger charge is -2.06. The van der Waals surface area contributed by atoms with Crippen LogP contribution in [0.5, 0.6) is 0 Å². The van der Waals surface area contributed by atoms with Crippen molar-refractivity contribution >= 4 is 11.6 Å². The van der Waals surface area contributed by atoms with Crippen molar-refractivity contribution in [2.45, 2.75) is 13.5 Å². The minimum Gasteiger partial charge on any atom is -0.316 e. The molecule has 0 amide bonds. The maximum atomic E-state index is 12.8. The van der Waals surface area contributed by atoms with Crippen molar-refractivity contribution in [1.29, 1.82) is 0 Å². The van der Waals surface area contributed by atoms with Gasteiger partial charge in [-0.3, -0.25) is 0 Å². The zero-order valence-electron chi connectivity index (χ0n) is 6.56. The largest absolute Gasteiger partial charge is 0.316 e. The van der Waals surface area contributed by atoms with E-state index in [1.165, 1.54) is 6.07 Å². The molecule has 0 heterocycles. The fourth-order valence-electron chi connectivity index (χ4n) is 0.969. The Bertz CT molecular complexity index is 291. The molecule has 0 saturated carbocycles. The first kappa shape index (κ1) is 9.45. The molecule has 2 nitrogen and oxygen atoms in total. The van der Waals surface area contributed by atoms with Gasteiger partial charge in [0.2, 0.25) is 0 Å². The van der Waals surface area contributed by atoms with E-state index in [4.69, 9.17) is 16.8 Å². The zero-order valence-corrected chi connectivity index (χ0v) is 7.32. The van der Waals surface area contributed by atoms with Gasteiger partial charge in [-0.15, -0.1) is 0 Å². The van der Waals surface area contributed by atoms with Gasteiger partial charge >= 0.3 is 0 Å².